The Kier molecular flexibility index (Phi) is 5.37. The summed E-state index contributed by atoms with van der Waals surface area (Å²) >= 11 is 8.81. The Balaban J connectivity index is 0.00000144. The van der Waals surface area contributed by atoms with Crippen molar-refractivity contribution >= 4 is 45.9 Å². The predicted octanol–water partition coefficient (Wildman–Crippen LogP) is 3.44. The topological polar surface area (TPSA) is 37.3 Å². The maximum Gasteiger partial charge on any atom is 0.336 e. The van der Waals surface area contributed by atoms with Gasteiger partial charge < -0.3 is 5.11 Å². The molecule has 72 valence electrons. The highest BCUT2D eigenvalue weighted by atomic mass is 79.9. The number of carboxylic acid groups (broad SMARTS) is 1. The number of hydrogen-bond acceptors (Lipinski definition) is 1. The minimum atomic E-state index is -0.962. The number of carboxylic acids is 1. The average molecular weight is 286 g/mol. The summed E-state index contributed by atoms with van der Waals surface area (Å²) in [5.41, 5.74) is 0.807. The van der Waals surface area contributed by atoms with E-state index in [1.807, 2.05) is 0 Å². The van der Waals surface area contributed by atoms with E-state index in [0.29, 0.717) is 5.56 Å². The van der Waals surface area contributed by atoms with Crippen LogP contribution >= 0.6 is 39.9 Å². The summed E-state index contributed by atoms with van der Waals surface area (Å²) < 4.78 is -0.454. The van der Waals surface area contributed by atoms with Crippen molar-refractivity contribution in [3.8, 4) is 0 Å². The Morgan fingerprint density at radius 3 is 2.38 bits per heavy atom. The van der Waals surface area contributed by atoms with Crippen LogP contribution in [0.5, 0.6) is 0 Å². The Labute approximate surface area is 95.4 Å². The third kappa shape index (κ3) is 3.18. The van der Waals surface area contributed by atoms with Crippen molar-refractivity contribution < 1.29 is 9.90 Å². The first-order valence-corrected chi connectivity index (χ1v) is 4.58. The lowest BCUT2D eigenvalue weighted by Gasteiger charge is -2.04. The van der Waals surface area contributed by atoms with Crippen LogP contribution in [0.3, 0.4) is 0 Å². The van der Waals surface area contributed by atoms with Crippen molar-refractivity contribution in [2.75, 3.05) is 0 Å². The van der Waals surface area contributed by atoms with E-state index < -0.39 is 10.3 Å². The lowest BCUT2D eigenvalue weighted by molar-refractivity contribution is 0.0696. The summed E-state index contributed by atoms with van der Waals surface area (Å²) in [6, 6.07) is 6.61. The molecule has 0 amide bonds. The molecule has 1 rings (SSSR count). The van der Waals surface area contributed by atoms with Crippen LogP contribution in [0.15, 0.2) is 24.3 Å². The van der Waals surface area contributed by atoms with E-state index in [1.54, 1.807) is 18.2 Å². The summed E-state index contributed by atoms with van der Waals surface area (Å²) in [5.74, 6) is -0.962. The van der Waals surface area contributed by atoms with E-state index >= 15 is 0 Å². The van der Waals surface area contributed by atoms with Crippen LogP contribution in [0.25, 0.3) is 0 Å². The SMILES string of the molecule is Cl.O=C(O)c1ccccc1C(Cl)Br. The fraction of sp³-hybridized carbons (Fsp3) is 0.125. The van der Waals surface area contributed by atoms with Gasteiger partial charge in [0.2, 0.25) is 0 Å². The van der Waals surface area contributed by atoms with Gasteiger partial charge in [0.15, 0.2) is 0 Å². The highest BCUT2D eigenvalue weighted by Crippen LogP contribution is 2.29. The van der Waals surface area contributed by atoms with E-state index in [9.17, 15) is 4.79 Å². The fourth-order valence-corrected chi connectivity index (χ4v) is 1.47. The van der Waals surface area contributed by atoms with E-state index in [2.05, 4.69) is 15.9 Å². The molecule has 0 aliphatic heterocycles. The van der Waals surface area contributed by atoms with E-state index in [4.69, 9.17) is 16.7 Å². The first-order chi connectivity index (χ1) is 5.63. The highest BCUT2D eigenvalue weighted by molar-refractivity contribution is 9.09. The normalized spacial score (nSPS) is 11.5. The molecule has 0 bridgehead atoms. The van der Waals surface area contributed by atoms with Gasteiger partial charge in [-0.25, -0.2) is 4.79 Å². The van der Waals surface area contributed by atoms with Crippen molar-refractivity contribution in [1.29, 1.82) is 0 Å². The number of halogens is 3. The van der Waals surface area contributed by atoms with Crippen LogP contribution in [0.4, 0.5) is 0 Å². The Hall–Kier alpha value is -0.250. The molecule has 5 heteroatoms. The molecular weight excluding hydrogens is 279 g/mol. The number of hydrogen-bond donors (Lipinski definition) is 1. The maximum atomic E-state index is 10.6. The van der Waals surface area contributed by atoms with Gasteiger partial charge in [-0.1, -0.05) is 34.1 Å². The smallest absolute Gasteiger partial charge is 0.336 e. The molecule has 0 fully saturated rings. The molecule has 0 radical (unpaired) electrons. The van der Waals surface area contributed by atoms with E-state index in [0.717, 1.165) is 0 Å². The zero-order valence-electron chi connectivity index (χ0n) is 6.41. The first kappa shape index (κ1) is 12.8. The molecular formula is C8H7BrCl2O2. The molecule has 1 unspecified atom stereocenters. The summed E-state index contributed by atoms with van der Waals surface area (Å²) in [6.07, 6.45) is 0. The second kappa shape index (κ2) is 5.47. The van der Waals surface area contributed by atoms with Crippen molar-refractivity contribution in [3.63, 3.8) is 0 Å². The molecule has 1 atom stereocenters. The number of aromatic carboxylic acids is 1. The minimum Gasteiger partial charge on any atom is -0.478 e. The van der Waals surface area contributed by atoms with Crippen LogP contribution < -0.4 is 0 Å². The molecule has 1 N–H and O–H groups in total. The lowest BCUT2D eigenvalue weighted by atomic mass is 10.1. The second-order valence-corrected chi connectivity index (χ2v) is 4.07. The standard InChI is InChI=1S/C8H6BrClO2.ClH/c9-7(10)5-3-1-2-4-6(5)8(11)12;/h1-4,7H,(H,11,12);1H. The molecule has 0 spiro atoms. The van der Waals surface area contributed by atoms with Crippen molar-refractivity contribution in [2.24, 2.45) is 0 Å². The molecule has 1 aromatic carbocycles. The van der Waals surface area contributed by atoms with Crippen LogP contribution in [-0.4, -0.2) is 11.1 Å². The van der Waals surface area contributed by atoms with Crippen LogP contribution in [0, 0.1) is 0 Å². The molecule has 1 aromatic rings. The zero-order valence-corrected chi connectivity index (χ0v) is 9.56. The summed E-state index contributed by atoms with van der Waals surface area (Å²) in [4.78, 5) is 10.6. The Morgan fingerprint density at radius 1 is 1.46 bits per heavy atom. The van der Waals surface area contributed by atoms with Gasteiger partial charge in [-0.15, -0.1) is 24.0 Å². The highest BCUT2D eigenvalue weighted by Gasteiger charge is 2.13. The Morgan fingerprint density at radius 2 is 2.00 bits per heavy atom. The van der Waals surface area contributed by atoms with Gasteiger partial charge >= 0.3 is 5.97 Å². The number of rotatable bonds is 2. The maximum absolute atomic E-state index is 10.6. The van der Waals surface area contributed by atoms with E-state index in [1.165, 1.54) is 6.07 Å². The third-order valence-electron chi connectivity index (χ3n) is 1.43. The van der Waals surface area contributed by atoms with Crippen molar-refractivity contribution in [3.05, 3.63) is 35.4 Å². The molecule has 13 heavy (non-hydrogen) atoms. The molecule has 0 heterocycles. The summed E-state index contributed by atoms with van der Waals surface area (Å²) in [5, 5.41) is 8.74. The van der Waals surface area contributed by atoms with Gasteiger partial charge in [0.25, 0.3) is 0 Å². The van der Waals surface area contributed by atoms with Gasteiger partial charge in [0.1, 0.15) is 4.29 Å². The summed E-state index contributed by atoms with van der Waals surface area (Å²) in [7, 11) is 0. The van der Waals surface area contributed by atoms with Gasteiger partial charge in [0, 0.05) is 0 Å². The van der Waals surface area contributed by atoms with Crippen LogP contribution in [-0.2, 0) is 0 Å². The lowest BCUT2D eigenvalue weighted by Crippen LogP contribution is -2.01. The van der Waals surface area contributed by atoms with Crippen molar-refractivity contribution in [1.82, 2.24) is 0 Å². The second-order valence-electron chi connectivity index (χ2n) is 2.19. The monoisotopic (exact) mass is 284 g/mol. The largest absolute Gasteiger partial charge is 0.478 e. The van der Waals surface area contributed by atoms with Gasteiger partial charge in [-0.3, -0.25) is 0 Å². The molecule has 0 saturated heterocycles. The zero-order chi connectivity index (χ0) is 9.14. The Bertz CT molecular complexity index is 302. The molecule has 2 nitrogen and oxygen atoms in total. The van der Waals surface area contributed by atoms with Gasteiger partial charge in [0.05, 0.1) is 5.56 Å². The summed E-state index contributed by atoms with van der Waals surface area (Å²) in [6.45, 7) is 0. The van der Waals surface area contributed by atoms with Gasteiger partial charge in [-0.05, 0) is 11.6 Å². The van der Waals surface area contributed by atoms with Gasteiger partial charge in [-0.2, -0.15) is 0 Å². The number of alkyl halides is 2. The van der Waals surface area contributed by atoms with E-state index in [-0.39, 0.29) is 18.0 Å². The molecule has 0 aliphatic rings. The fourth-order valence-electron chi connectivity index (χ4n) is 0.882. The third-order valence-corrected chi connectivity index (χ3v) is 2.15. The molecule has 0 saturated carbocycles. The van der Waals surface area contributed by atoms with Crippen molar-refractivity contribution in [2.45, 2.75) is 4.29 Å². The minimum absolute atomic E-state index is 0. The van der Waals surface area contributed by atoms with Crippen LogP contribution in [0.1, 0.15) is 20.2 Å². The quantitative estimate of drug-likeness (QED) is 0.845. The number of carbonyl (C=O) groups is 1. The average Bonchev–Trinajstić information content (AvgIpc) is 2.04. The molecule has 0 aliphatic carbocycles. The first-order valence-electron chi connectivity index (χ1n) is 3.23. The molecule has 0 aromatic heterocycles. The number of benzene rings is 1. The van der Waals surface area contributed by atoms with Crippen LogP contribution in [0.2, 0.25) is 0 Å². The predicted molar refractivity (Wildman–Crippen MR) is 58.2 cm³/mol.